The fraction of sp³-hybridized carbons (Fsp3) is 0.417. The van der Waals surface area contributed by atoms with Crippen molar-refractivity contribution in [3.05, 3.63) is 63.7 Å². The monoisotopic (exact) mass is 438 g/mol. The van der Waals surface area contributed by atoms with Gasteiger partial charge in [0.25, 0.3) is 5.91 Å². The first-order valence-electron chi connectivity index (χ1n) is 10.7. The van der Waals surface area contributed by atoms with Crippen molar-refractivity contribution in [2.24, 2.45) is 5.10 Å². The van der Waals surface area contributed by atoms with Crippen molar-refractivity contribution < 1.29 is 14.5 Å². The third-order valence-electron chi connectivity index (χ3n) is 5.64. The molecule has 0 bridgehead atoms. The van der Waals surface area contributed by atoms with E-state index in [-0.39, 0.29) is 23.6 Å². The topological polar surface area (TPSA) is 97.1 Å². The standard InChI is InChI=1S/C24H30N4O4/c1-16(2)27-20-11-10-18(12-19(20)17(3)13-24(27,4)5)14-25-26-23(29)15-32-22-9-7-6-8-21(22)28(30)31/h6-12,14,16-17H,13,15H2,1-5H3,(H,26,29)/b25-14+/t17-/m1/s1. The largest absolute Gasteiger partial charge is 0.477 e. The van der Waals surface area contributed by atoms with Gasteiger partial charge in [0.1, 0.15) is 0 Å². The summed E-state index contributed by atoms with van der Waals surface area (Å²) < 4.78 is 5.27. The first kappa shape index (κ1) is 23.2. The Bertz CT molecular complexity index is 1030. The Hall–Kier alpha value is -3.42. The molecule has 0 saturated carbocycles. The Morgan fingerprint density at radius 1 is 1.34 bits per heavy atom. The number of nitrogens with zero attached hydrogens (tertiary/aromatic N) is 3. The van der Waals surface area contributed by atoms with E-state index in [1.165, 1.54) is 29.4 Å². The van der Waals surface area contributed by atoms with Gasteiger partial charge in [-0.3, -0.25) is 14.9 Å². The third kappa shape index (κ3) is 5.07. The predicted molar refractivity (Wildman–Crippen MR) is 125 cm³/mol. The van der Waals surface area contributed by atoms with Gasteiger partial charge in [-0.2, -0.15) is 5.10 Å². The molecule has 2 aromatic carbocycles. The zero-order chi connectivity index (χ0) is 23.5. The number of nitro benzene ring substituents is 1. The smallest absolute Gasteiger partial charge is 0.310 e. The van der Waals surface area contributed by atoms with Crippen LogP contribution in [0.25, 0.3) is 0 Å². The second-order valence-electron chi connectivity index (χ2n) is 9.01. The SMILES string of the molecule is CC(C)N1c2ccc(/C=N/NC(=O)COc3ccccc3[N+](=O)[O-])cc2[C@H](C)CC1(C)C. The predicted octanol–water partition coefficient (Wildman–Crippen LogP) is 4.62. The van der Waals surface area contributed by atoms with Crippen LogP contribution in [0.4, 0.5) is 11.4 Å². The third-order valence-corrected chi connectivity index (χ3v) is 5.64. The zero-order valence-electron chi connectivity index (χ0n) is 19.2. The normalized spacial score (nSPS) is 17.3. The van der Waals surface area contributed by atoms with Gasteiger partial charge in [0.15, 0.2) is 12.4 Å². The molecule has 0 aliphatic carbocycles. The molecule has 32 heavy (non-hydrogen) atoms. The number of hydrogen-bond donors (Lipinski definition) is 1. The van der Waals surface area contributed by atoms with E-state index >= 15 is 0 Å². The number of ether oxygens (including phenoxy) is 1. The maximum absolute atomic E-state index is 12.0. The number of anilines is 1. The van der Waals surface area contributed by atoms with Crippen LogP contribution < -0.4 is 15.1 Å². The van der Waals surface area contributed by atoms with Crippen molar-refractivity contribution in [1.29, 1.82) is 0 Å². The number of para-hydroxylation sites is 2. The first-order chi connectivity index (χ1) is 15.1. The summed E-state index contributed by atoms with van der Waals surface area (Å²) in [5, 5.41) is 15.0. The Labute approximate surface area is 188 Å². The van der Waals surface area contributed by atoms with Crippen molar-refractivity contribution in [3.63, 3.8) is 0 Å². The summed E-state index contributed by atoms with van der Waals surface area (Å²) in [5.41, 5.74) is 5.70. The minimum atomic E-state index is -0.552. The van der Waals surface area contributed by atoms with Gasteiger partial charge in [0.05, 0.1) is 11.1 Å². The van der Waals surface area contributed by atoms with E-state index in [0.717, 1.165) is 12.0 Å². The molecule has 8 heteroatoms. The van der Waals surface area contributed by atoms with Crippen LogP contribution >= 0.6 is 0 Å². The van der Waals surface area contributed by atoms with Crippen LogP contribution in [0.1, 0.15) is 58.1 Å². The maximum Gasteiger partial charge on any atom is 0.310 e. The minimum absolute atomic E-state index is 0.0398. The highest BCUT2D eigenvalue weighted by molar-refractivity contribution is 5.84. The van der Waals surface area contributed by atoms with Gasteiger partial charge >= 0.3 is 5.69 Å². The number of fused-ring (bicyclic) bond motifs is 1. The van der Waals surface area contributed by atoms with Gasteiger partial charge in [-0.1, -0.05) is 25.1 Å². The van der Waals surface area contributed by atoms with Gasteiger partial charge in [-0.15, -0.1) is 0 Å². The lowest BCUT2D eigenvalue weighted by molar-refractivity contribution is -0.385. The van der Waals surface area contributed by atoms with E-state index in [4.69, 9.17) is 4.74 Å². The van der Waals surface area contributed by atoms with Crippen molar-refractivity contribution in [2.75, 3.05) is 11.5 Å². The van der Waals surface area contributed by atoms with Gasteiger partial charge < -0.3 is 9.64 Å². The molecule has 1 aliphatic rings. The van der Waals surface area contributed by atoms with Crippen LogP contribution in [0.5, 0.6) is 5.75 Å². The van der Waals surface area contributed by atoms with E-state index < -0.39 is 10.8 Å². The number of nitro groups is 1. The van der Waals surface area contributed by atoms with Gasteiger partial charge in [0, 0.05) is 23.3 Å². The summed E-state index contributed by atoms with van der Waals surface area (Å²) in [6.07, 6.45) is 2.65. The van der Waals surface area contributed by atoms with E-state index in [9.17, 15) is 14.9 Å². The molecule has 8 nitrogen and oxygen atoms in total. The quantitative estimate of drug-likeness (QED) is 0.386. The van der Waals surface area contributed by atoms with Crippen LogP contribution in [-0.2, 0) is 4.79 Å². The average molecular weight is 439 g/mol. The maximum atomic E-state index is 12.0. The molecule has 1 aliphatic heterocycles. The molecule has 0 spiro atoms. The summed E-state index contributed by atoms with van der Waals surface area (Å²) in [7, 11) is 0. The minimum Gasteiger partial charge on any atom is -0.477 e. The van der Waals surface area contributed by atoms with Crippen LogP contribution in [0.15, 0.2) is 47.6 Å². The number of nitrogens with one attached hydrogen (secondary N) is 1. The van der Waals surface area contributed by atoms with Crippen molar-refractivity contribution in [2.45, 2.75) is 58.5 Å². The Morgan fingerprint density at radius 3 is 2.75 bits per heavy atom. The Balaban J connectivity index is 1.65. The molecule has 1 atom stereocenters. The fourth-order valence-electron chi connectivity index (χ4n) is 4.61. The number of carbonyl (C=O) groups excluding carboxylic acids is 1. The molecule has 2 aromatic rings. The number of carbonyl (C=O) groups is 1. The second kappa shape index (κ2) is 9.38. The molecule has 0 radical (unpaired) electrons. The number of hydrogen-bond acceptors (Lipinski definition) is 6. The highest BCUT2D eigenvalue weighted by Crippen LogP contribution is 2.44. The number of benzene rings is 2. The van der Waals surface area contributed by atoms with Gasteiger partial charge in [-0.05, 0) is 69.4 Å². The Morgan fingerprint density at radius 2 is 2.06 bits per heavy atom. The summed E-state index contributed by atoms with van der Waals surface area (Å²) in [6, 6.07) is 12.5. The van der Waals surface area contributed by atoms with Crippen molar-refractivity contribution in [3.8, 4) is 5.75 Å². The molecule has 0 unspecified atom stereocenters. The van der Waals surface area contributed by atoms with E-state index in [2.05, 4.69) is 62.2 Å². The second-order valence-corrected chi connectivity index (χ2v) is 9.01. The highest BCUT2D eigenvalue weighted by Gasteiger charge is 2.37. The lowest BCUT2D eigenvalue weighted by Gasteiger charge is -2.50. The van der Waals surface area contributed by atoms with Crippen LogP contribution in [0, 0.1) is 10.1 Å². The first-order valence-corrected chi connectivity index (χ1v) is 10.7. The molecule has 3 rings (SSSR count). The summed E-state index contributed by atoms with van der Waals surface area (Å²) >= 11 is 0. The van der Waals surface area contributed by atoms with Gasteiger partial charge in [-0.25, -0.2) is 5.43 Å². The van der Waals surface area contributed by atoms with E-state index in [1.807, 2.05) is 6.07 Å². The molecule has 1 N–H and O–H groups in total. The molecule has 1 heterocycles. The van der Waals surface area contributed by atoms with E-state index in [0.29, 0.717) is 12.0 Å². The molecule has 0 fully saturated rings. The van der Waals surface area contributed by atoms with Crippen LogP contribution in [-0.4, -0.2) is 35.2 Å². The molecule has 0 saturated heterocycles. The summed E-state index contributed by atoms with van der Waals surface area (Å²) in [6.45, 7) is 10.8. The fourth-order valence-corrected chi connectivity index (χ4v) is 4.61. The molecule has 0 aromatic heterocycles. The van der Waals surface area contributed by atoms with Gasteiger partial charge in [0.2, 0.25) is 0 Å². The number of rotatable bonds is 7. The molecule has 170 valence electrons. The summed E-state index contributed by atoms with van der Waals surface area (Å²) in [4.78, 5) is 25.0. The van der Waals surface area contributed by atoms with E-state index in [1.54, 1.807) is 12.3 Å². The van der Waals surface area contributed by atoms with Crippen molar-refractivity contribution in [1.82, 2.24) is 5.43 Å². The molecular weight excluding hydrogens is 408 g/mol. The van der Waals surface area contributed by atoms with Crippen LogP contribution in [0.3, 0.4) is 0 Å². The lowest BCUT2D eigenvalue weighted by atomic mass is 9.79. The number of hydrazone groups is 1. The lowest BCUT2D eigenvalue weighted by Crippen LogP contribution is -2.51. The van der Waals surface area contributed by atoms with Crippen molar-refractivity contribution >= 4 is 23.5 Å². The highest BCUT2D eigenvalue weighted by atomic mass is 16.6. The summed E-state index contributed by atoms with van der Waals surface area (Å²) in [5.74, 6) is -0.0515. The molecular formula is C24H30N4O4. The Kier molecular flexibility index (Phi) is 6.81. The average Bonchev–Trinajstić information content (AvgIpc) is 2.71. The van der Waals surface area contributed by atoms with Crippen LogP contribution in [0.2, 0.25) is 0 Å². The zero-order valence-corrected chi connectivity index (χ0v) is 19.2. The number of amides is 1. The molecule has 1 amide bonds.